The molecule has 2 aromatic carbocycles. The lowest BCUT2D eigenvalue weighted by atomic mass is 9.97. The number of likely N-dealkylation sites (tertiary alicyclic amines) is 1. The van der Waals surface area contributed by atoms with E-state index in [0.717, 1.165) is 12.8 Å². The average molecular weight is 422 g/mol. The van der Waals surface area contributed by atoms with Crippen LogP contribution in [0.2, 0.25) is 5.02 Å². The molecule has 0 unspecified atom stereocenters. The molecule has 0 saturated carbocycles. The van der Waals surface area contributed by atoms with E-state index in [1.807, 2.05) is 18.2 Å². The van der Waals surface area contributed by atoms with Crippen molar-refractivity contribution < 1.29 is 14.3 Å². The summed E-state index contributed by atoms with van der Waals surface area (Å²) >= 11 is 5.81. The van der Waals surface area contributed by atoms with Crippen molar-refractivity contribution in [2.45, 2.75) is 18.9 Å². The Morgan fingerprint density at radius 3 is 2.37 bits per heavy atom. The van der Waals surface area contributed by atoms with Crippen molar-refractivity contribution >= 4 is 23.3 Å². The van der Waals surface area contributed by atoms with E-state index < -0.39 is 0 Å². The van der Waals surface area contributed by atoms with Crippen molar-refractivity contribution in [1.29, 1.82) is 0 Å². The van der Waals surface area contributed by atoms with E-state index >= 15 is 0 Å². The molecule has 30 heavy (non-hydrogen) atoms. The maximum atomic E-state index is 13.3. The predicted octanol–water partition coefficient (Wildman–Crippen LogP) is 4.04. The fourth-order valence-corrected chi connectivity index (χ4v) is 3.61. The van der Waals surface area contributed by atoms with E-state index in [0.29, 0.717) is 34.8 Å². The second kappa shape index (κ2) is 9.05. The first-order chi connectivity index (χ1) is 14.6. The zero-order valence-corrected chi connectivity index (χ0v) is 17.0. The molecular weight excluding hydrogens is 402 g/mol. The molecule has 4 rings (SSSR count). The van der Waals surface area contributed by atoms with E-state index in [-0.39, 0.29) is 23.8 Å². The topological polar surface area (TPSA) is 72.4 Å². The molecule has 152 valence electrons. The number of rotatable bonds is 5. The second-order valence-electron chi connectivity index (χ2n) is 7.06. The van der Waals surface area contributed by atoms with Crippen LogP contribution in [0.15, 0.2) is 67.0 Å². The van der Waals surface area contributed by atoms with E-state index in [9.17, 15) is 9.59 Å². The van der Waals surface area contributed by atoms with Gasteiger partial charge in [-0.3, -0.25) is 9.59 Å². The first-order valence-corrected chi connectivity index (χ1v) is 10.1. The van der Waals surface area contributed by atoms with Crippen molar-refractivity contribution in [2.75, 3.05) is 13.1 Å². The lowest BCUT2D eigenvalue weighted by Gasteiger charge is -2.32. The third-order valence-corrected chi connectivity index (χ3v) is 5.17. The molecule has 7 heteroatoms. The minimum absolute atomic E-state index is 0.168. The van der Waals surface area contributed by atoms with Crippen molar-refractivity contribution in [2.24, 2.45) is 0 Å². The largest absolute Gasteiger partial charge is 0.458 e. The lowest BCUT2D eigenvalue weighted by molar-refractivity contribution is 0.0514. The van der Waals surface area contributed by atoms with Gasteiger partial charge in [-0.1, -0.05) is 60.1 Å². The highest BCUT2D eigenvalue weighted by Crippen LogP contribution is 2.21. The SMILES string of the molecule is O=C(c1ccccc1)c1ccccc1C(=O)N1CCC[C@@H](Oc2ncc(Cl)cn2)C1. The van der Waals surface area contributed by atoms with Gasteiger partial charge in [0.05, 0.1) is 29.5 Å². The summed E-state index contributed by atoms with van der Waals surface area (Å²) in [6.45, 7) is 1.01. The molecule has 1 aliphatic heterocycles. The molecule has 1 aromatic heterocycles. The number of ether oxygens (including phenoxy) is 1. The molecule has 0 radical (unpaired) electrons. The van der Waals surface area contributed by atoms with E-state index in [2.05, 4.69) is 9.97 Å². The molecule has 1 fully saturated rings. The standard InChI is InChI=1S/C23H20ClN3O3/c24-17-13-25-23(26-14-17)30-18-9-6-12-27(15-18)22(29)20-11-5-4-10-19(20)21(28)16-7-2-1-3-8-16/h1-5,7-8,10-11,13-14,18H,6,9,12,15H2/t18-/m1/s1. The fraction of sp³-hybridized carbons (Fsp3) is 0.217. The fourth-order valence-electron chi connectivity index (χ4n) is 3.51. The molecule has 0 spiro atoms. The number of piperidine rings is 1. The zero-order valence-electron chi connectivity index (χ0n) is 16.2. The van der Waals surface area contributed by atoms with Crippen LogP contribution in [0.25, 0.3) is 0 Å². The Morgan fingerprint density at radius 1 is 0.967 bits per heavy atom. The molecule has 0 aliphatic carbocycles. The predicted molar refractivity (Wildman–Crippen MR) is 113 cm³/mol. The number of halogens is 1. The maximum absolute atomic E-state index is 13.3. The number of benzene rings is 2. The lowest BCUT2D eigenvalue weighted by Crippen LogP contribution is -2.44. The average Bonchev–Trinajstić information content (AvgIpc) is 2.80. The van der Waals surface area contributed by atoms with Crippen LogP contribution in [0.1, 0.15) is 39.1 Å². The zero-order chi connectivity index (χ0) is 20.9. The van der Waals surface area contributed by atoms with Gasteiger partial charge >= 0.3 is 6.01 Å². The molecule has 1 saturated heterocycles. The summed E-state index contributed by atoms with van der Waals surface area (Å²) in [5.74, 6) is -0.348. The van der Waals surface area contributed by atoms with Gasteiger partial charge in [-0.2, -0.15) is 0 Å². The van der Waals surface area contributed by atoms with Crippen LogP contribution in [0.4, 0.5) is 0 Å². The van der Waals surface area contributed by atoms with Gasteiger partial charge in [-0.05, 0) is 18.9 Å². The van der Waals surface area contributed by atoms with Crippen LogP contribution in [-0.2, 0) is 0 Å². The van der Waals surface area contributed by atoms with E-state index in [4.69, 9.17) is 16.3 Å². The van der Waals surface area contributed by atoms with Crippen LogP contribution < -0.4 is 4.74 Å². The molecule has 1 atom stereocenters. The van der Waals surface area contributed by atoms with Gasteiger partial charge in [0.2, 0.25) is 0 Å². The summed E-state index contributed by atoms with van der Waals surface area (Å²) in [7, 11) is 0. The number of carbonyl (C=O) groups is 2. The Morgan fingerprint density at radius 2 is 1.63 bits per heavy atom. The third kappa shape index (κ3) is 4.49. The van der Waals surface area contributed by atoms with Gasteiger partial charge in [0, 0.05) is 17.7 Å². The van der Waals surface area contributed by atoms with Crippen molar-refractivity contribution in [3.05, 3.63) is 88.7 Å². The smallest absolute Gasteiger partial charge is 0.316 e. The summed E-state index contributed by atoms with van der Waals surface area (Å²) in [5.41, 5.74) is 1.35. The summed E-state index contributed by atoms with van der Waals surface area (Å²) in [4.78, 5) is 36.1. The Balaban J connectivity index is 1.51. The van der Waals surface area contributed by atoms with Crippen LogP contribution in [-0.4, -0.2) is 45.8 Å². The monoisotopic (exact) mass is 421 g/mol. The molecule has 3 aromatic rings. The number of hydrogen-bond acceptors (Lipinski definition) is 5. The van der Waals surface area contributed by atoms with Crippen LogP contribution in [0.3, 0.4) is 0 Å². The van der Waals surface area contributed by atoms with Crippen LogP contribution in [0, 0.1) is 0 Å². The van der Waals surface area contributed by atoms with Gasteiger partial charge in [0.15, 0.2) is 5.78 Å². The normalized spacial score (nSPS) is 16.2. The number of amides is 1. The second-order valence-corrected chi connectivity index (χ2v) is 7.49. The minimum Gasteiger partial charge on any atom is -0.458 e. The van der Waals surface area contributed by atoms with Crippen molar-refractivity contribution in [1.82, 2.24) is 14.9 Å². The highest BCUT2D eigenvalue weighted by molar-refractivity contribution is 6.30. The third-order valence-electron chi connectivity index (χ3n) is 4.97. The number of carbonyl (C=O) groups excluding carboxylic acids is 2. The molecule has 6 nitrogen and oxygen atoms in total. The first kappa shape index (κ1) is 20.0. The molecule has 0 bridgehead atoms. The Hall–Kier alpha value is -3.25. The summed E-state index contributed by atoms with van der Waals surface area (Å²) < 4.78 is 5.83. The van der Waals surface area contributed by atoms with Gasteiger partial charge in [-0.15, -0.1) is 0 Å². The quantitative estimate of drug-likeness (QED) is 0.581. The Labute approximate surface area is 179 Å². The summed E-state index contributed by atoms with van der Waals surface area (Å²) in [6, 6.07) is 16.1. The summed E-state index contributed by atoms with van der Waals surface area (Å²) in [6.07, 6.45) is 4.31. The number of ketones is 1. The van der Waals surface area contributed by atoms with Crippen molar-refractivity contribution in [3.8, 4) is 6.01 Å². The number of nitrogens with zero attached hydrogens (tertiary/aromatic N) is 3. The summed E-state index contributed by atoms with van der Waals surface area (Å²) in [5, 5.41) is 0.433. The van der Waals surface area contributed by atoms with Crippen LogP contribution >= 0.6 is 11.6 Å². The van der Waals surface area contributed by atoms with Crippen LogP contribution in [0.5, 0.6) is 6.01 Å². The minimum atomic E-state index is -0.221. The molecule has 0 N–H and O–H groups in total. The Bertz CT molecular complexity index is 1040. The molecule has 1 aliphatic rings. The van der Waals surface area contributed by atoms with Gasteiger partial charge in [0.1, 0.15) is 6.10 Å². The highest BCUT2D eigenvalue weighted by Gasteiger charge is 2.28. The molecule has 1 amide bonds. The van der Waals surface area contributed by atoms with Gasteiger partial charge < -0.3 is 9.64 Å². The van der Waals surface area contributed by atoms with Gasteiger partial charge in [-0.25, -0.2) is 9.97 Å². The molecular formula is C23H20ClN3O3. The maximum Gasteiger partial charge on any atom is 0.316 e. The Kier molecular flexibility index (Phi) is 6.05. The molecule has 2 heterocycles. The number of hydrogen-bond donors (Lipinski definition) is 0. The highest BCUT2D eigenvalue weighted by atomic mass is 35.5. The number of aromatic nitrogens is 2. The van der Waals surface area contributed by atoms with Gasteiger partial charge in [0.25, 0.3) is 5.91 Å². The first-order valence-electron chi connectivity index (χ1n) is 9.74. The van der Waals surface area contributed by atoms with E-state index in [1.165, 1.54) is 12.4 Å². The van der Waals surface area contributed by atoms with Crippen molar-refractivity contribution in [3.63, 3.8) is 0 Å². The van der Waals surface area contributed by atoms with E-state index in [1.54, 1.807) is 41.3 Å².